The van der Waals surface area contributed by atoms with Crippen LogP contribution in [0.25, 0.3) is 11.4 Å². The van der Waals surface area contributed by atoms with Gasteiger partial charge in [0.1, 0.15) is 11.6 Å². The molecule has 0 saturated heterocycles. The zero-order chi connectivity index (χ0) is 19.2. The predicted octanol–water partition coefficient (Wildman–Crippen LogP) is 3.27. The maximum Gasteiger partial charge on any atom is 0.338 e. The third kappa shape index (κ3) is 4.33. The number of aromatic amines is 1. The number of amides is 1. The Morgan fingerprint density at radius 1 is 1.11 bits per heavy atom. The van der Waals surface area contributed by atoms with E-state index in [4.69, 9.17) is 9.47 Å². The van der Waals surface area contributed by atoms with Crippen LogP contribution in [0.5, 0.6) is 5.75 Å². The lowest BCUT2D eigenvalue weighted by atomic mass is 10.1. The quantitative estimate of drug-likeness (QED) is 0.654. The first-order chi connectivity index (χ1) is 13.1. The minimum absolute atomic E-state index is 0.349. The number of H-pyrrole nitrogens is 1. The second-order valence-electron chi connectivity index (χ2n) is 5.75. The molecule has 1 unspecified atom stereocenters. The number of hydrogen-bond acceptors (Lipinski definition) is 5. The van der Waals surface area contributed by atoms with Crippen LogP contribution >= 0.6 is 0 Å². The van der Waals surface area contributed by atoms with Gasteiger partial charge in [-0.2, -0.15) is 0 Å². The van der Waals surface area contributed by atoms with Crippen LogP contribution in [0, 0.1) is 0 Å². The van der Waals surface area contributed by atoms with Crippen LogP contribution in [0.4, 0.5) is 5.69 Å². The largest absolute Gasteiger partial charge is 0.495 e. The summed E-state index contributed by atoms with van der Waals surface area (Å²) < 4.78 is 10.4. The molecule has 27 heavy (non-hydrogen) atoms. The van der Waals surface area contributed by atoms with Gasteiger partial charge in [-0.15, -0.1) is 0 Å². The number of para-hydroxylation sites is 2. The molecule has 0 aliphatic rings. The summed E-state index contributed by atoms with van der Waals surface area (Å²) in [5.41, 5.74) is 1.71. The van der Waals surface area contributed by atoms with Gasteiger partial charge in [0.25, 0.3) is 5.91 Å². The minimum atomic E-state index is -0.966. The molecule has 7 nitrogen and oxygen atoms in total. The molecule has 1 amide bonds. The van der Waals surface area contributed by atoms with E-state index >= 15 is 0 Å². The Kier molecular flexibility index (Phi) is 5.51. The molecular formula is C20H19N3O4. The molecule has 0 spiro atoms. The molecule has 2 N–H and O–H groups in total. The van der Waals surface area contributed by atoms with Gasteiger partial charge >= 0.3 is 5.97 Å². The van der Waals surface area contributed by atoms with E-state index in [1.807, 2.05) is 0 Å². The van der Waals surface area contributed by atoms with Gasteiger partial charge in [0.2, 0.25) is 0 Å². The van der Waals surface area contributed by atoms with Gasteiger partial charge < -0.3 is 19.8 Å². The highest BCUT2D eigenvalue weighted by atomic mass is 16.5. The molecule has 7 heteroatoms. The summed E-state index contributed by atoms with van der Waals surface area (Å²) in [6.45, 7) is 1.51. The first-order valence-corrected chi connectivity index (χ1v) is 8.33. The lowest BCUT2D eigenvalue weighted by Gasteiger charge is -2.15. The van der Waals surface area contributed by atoms with Crippen molar-refractivity contribution in [3.63, 3.8) is 0 Å². The average molecular weight is 365 g/mol. The fourth-order valence-electron chi connectivity index (χ4n) is 2.45. The number of anilines is 1. The van der Waals surface area contributed by atoms with Crippen LogP contribution in [0.2, 0.25) is 0 Å². The molecule has 0 saturated carbocycles. The van der Waals surface area contributed by atoms with Crippen molar-refractivity contribution in [2.45, 2.75) is 13.0 Å². The number of nitrogens with zero attached hydrogens (tertiary/aromatic N) is 1. The smallest absolute Gasteiger partial charge is 0.338 e. The standard InChI is InChI=1S/C20H19N3O4/c1-13(19(24)23-16-5-3-4-6-17(16)26-2)27-20(25)15-9-7-14(8-10-15)18-21-11-12-22-18/h3-13H,1-2H3,(H,21,22)(H,23,24). The molecule has 3 aromatic rings. The molecule has 0 fully saturated rings. The Morgan fingerprint density at radius 3 is 2.52 bits per heavy atom. The monoisotopic (exact) mass is 365 g/mol. The number of methoxy groups -OCH3 is 1. The number of imidazole rings is 1. The van der Waals surface area contributed by atoms with Crippen molar-refractivity contribution in [2.24, 2.45) is 0 Å². The molecule has 0 aliphatic heterocycles. The van der Waals surface area contributed by atoms with Crippen molar-refractivity contribution in [3.05, 3.63) is 66.5 Å². The first kappa shape index (κ1) is 18.2. The lowest BCUT2D eigenvalue weighted by molar-refractivity contribution is -0.123. The topological polar surface area (TPSA) is 93.3 Å². The molecule has 0 bridgehead atoms. The third-order valence-electron chi connectivity index (χ3n) is 3.91. The van der Waals surface area contributed by atoms with E-state index in [0.717, 1.165) is 5.56 Å². The molecule has 1 heterocycles. The van der Waals surface area contributed by atoms with Gasteiger partial charge in [0, 0.05) is 18.0 Å². The molecule has 1 atom stereocenters. The predicted molar refractivity (Wildman–Crippen MR) is 101 cm³/mol. The van der Waals surface area contributed by atoms with E-state index in [0.29, 0.717) is 22.8 Å². The SMILES string of the molecule is COc1ccccc1NC(=O)C(C)OC(=O)c1ccc(-c2ncc[nH]2)cc1. The van der Waals surface area contributed by atoms with Crippen molar-refractivity contribution in [3.8, 4) is 17.1 Å². The van der Waals surface area contributed by atoms with Gasteiger partial charge in [0.15, 0.2) is 6.10 Å². The number of ether oxygens (including phenoxy) is 2. The summed E-state index contributed by atoms with van der Waals surface area (Å²) in [7, 11) is 1.51. The summed E-state index contributed by atoms with van der Waals surface area (Å²) in [5.74, 6) is 0.209. The number of aromatic nitrogens is 2. The lowest BCUT2D eigenvalue weighted by Crippen LogP contribution is -2.30. The summed E-state index contributed by atoms with van der Waals surface area (Å²) in [6, 6.07) is 13.8. The average Bonchev–Trinajstić information content (AvgIpc) is 3.23. The third-order valence-corrected chi connectivity index (χ3v) is 3.91. The zero-order valence-electron chi connectivity index (χ0n) is 14.9. The van der Waals surface area contributed by atoms with Crippen molar-refractivity contribution in [1.29, 1.82) is 0 Å². The Hall–Kier alpha value is -3.61. The number of nitrogens with one attached hydrogen (secondary N) is 2. The van der Waals surface area contributed by atoms with Gasteiger partial charge in [-0.3, -0.25) is 4.79 Å². The Balaban J connectivity index is 1.62. The normalized spacial score (nSPS) is 11.5. The van der Waals surface area contributed by atoms with Crippen molar-refractivity contribution in [1.82, 2.24) is 9.97 Å². The Morgan fingerprint density at radius 2 is 1.85 bits per heavy atom. The van der Waals surface area contributed by atoms with Crippen molar-refractivity contribution in [2.75, 3.05) is 12.4 Å². The first-order valence-electron chi connectivity index (χ1n) is 8.33. The van der Waals surface area contributed by atoms with Gasteiger partial charge in [0.05, 0.1) is 18.4 Å². The molecule has 138 valence electrons. The number of rotatable bonds is 6. The second kappa shape index (κ2) is 8.18. The summed E-state index contributed by atoms with van der Waals surface area (Å²) >= 11 is 0. The summed E-state index contributed by atoms with van der Waals surface area (Å²) in [6.07, 6.45) is 2.41. The molecule has 3 rings (SSSR count). The van der Waals surface area contributed by atoms with Crippen molar-refractivity contribution < 1.29 is 19.1 Å². The molecule has 1 aromatic heterocycles. The van der Waals surface area contributed by atoms with E-state index in [1.165, 1.54) is 14.0 Å². The van der Waals surface area contributed by atoms with E-state index in [2.05, 4.69) is 15.3 Å². The minimum Gasteiger partial charge on any atom is -0.495 e. The summed E-state index contributed by atoms with van der Waals surface area (Å²) in [5, 5.41) is 2.69. The summed E-state index contributed by atoms with van der Waals surface area (Å²) in [4.78, 5) is 31.7. The number of hydrogen-bond donors (Lipinski definition) is 2. The van der Waals surface area contributed by atoms with Crippen LogP contribution < -0.4 is 10.1 Å². The highest BCUT2D eigenvalue weighted by Gasteiger charge is 2.20. The highest BCUT2D eigenvalue weighted by molar-refractivity contribution is 5.98. The maximum absolute atomic E-state index is 12.3. The molecule has 2 aromatic carbocycles. The van der Waals surface area contributed by atoms with Crippen molar-refractivity contribution >= 4 is 17.6 Å². The number of esters is 1. The maximum atomic E-state index is 12.3. The second-order valence-corrected chi connectivity index (χ2v) is 5.75. The van der Waals surface area contributed by atoms with Crippen LogP contribution in [0.15, 0.2) is 60.9 Å². The van der Waals surface area contributed by atoms with Crippen LogP contribution in [-0.2, 0) is 9.53 Å². The Bertz CT molecular complexity index is 921. The fraction of sp³-hybridized carbons (Fsp3) is 0.150. The number of carbonyl (C=O) groups is 2. The van der Waals surface area contributed by atoms with Gasteiger partial charge in [-0.1, -0.05) is 24.3 Å². The van der Waals surface area contributed by atoms with Crippen LogP contribution in [0.3, 0.4) is 0 Å². The highest BCUT2D eigenvalue weighted by Crippen LogP contribution is 2.23. The van der Waals surface area contributed by atoms with E-state index in [1.54, 1.807) is 60.9 Å². The number of carbonyl (C=O) groups excluding carboxylic acids is 2. The molecular weight excluding hydrogens is 346 g/mol. The van der Waals surface area contributed by atoms with Gasteiger partial charge in [-0.05, 0) is 31.2 Å². The van der Waals surface area contributed by atoms with Crippen LogP contribution in [0.1, 0.15) is 17.3 Å². The number of benzene rings is 2. The van der Waals surface area contributed by atoms with E-state index in [-0.39, 0.29) is 0 Å². The van der Waals surface area contributed by atoms with E-state index in [9.17, 15) is 9.59 Å². The fourth-order valence-corrected chi connectivity index (χ4v) is 2.45. The van der Waals surface area contributed by atoms with Gasteiger partial charge in [-0.25, -0.2) is 9.78 Å². The van der Waals surface area contributed by atoms with Crippen LogP contribution in [-0.4, -0.2) is 35.1 Å². The zero-order valence-corrected chi connectivity index (χ0v) is 14.9. The molecule has 0 aliphatic carbocycles. The van der Waals surface area contributed by atoms with E-state index < -0.39 is 18.0 Å². The molecule has 0 radical (unpaired) electrons. The Labute approximate surface area is 156 Å².